The highest BCUT2D eigenvalue weighted by molar-refractivity contribution is 7.92. The van der Waals surface area contributed by atoms with Crippen LogP contribution in [0, 0.1) is 0 Å². The lowest BCUT2D eigenvalue weighted by atomic mass is 10.1. The summed E-state index contributed by atoms with van der Waals surface area (Å²) in [5.74, 6) is -0.655. The van der Waals surface area contributed by atoms with Crippen LogP contribution in [0.5, 0.6) is 5.75 Å². The van der Waals surface area contributed by atoms with E-state index in [1.165, 1.54) is 33.3 Å². The molecule has 2 aromatic rings. The first kappa shape index (κ1) is 21.2. The molecular weight excluding hydrogens is 384 g/mol. The van der Waals surface area contributed by atoms with E-state index in [0.29, 0.717) is 11.4 Å². The van der Waals surface area contributed by atoms with Gasteiger partial charge in [0.1, 0.15) is 11.8 Å². The molecular formula is C19H22N2O6S. The third-order valence-corrected chi connectivity index (χ3v) is 5.25. The Hall–Kier alpha value is -3.07. The minimum absolute atomic E-state index is 0.168. The molecule has 0 spiro atoms. The number of nitrogens with zero attached hydrogens (tertiary/aromatic N) is 1. The van der Waals surface area contributed by atoms with Crippen molar-refractivity contribution in [1.29, 1.82) is 0 Å². The Morgan fingerprint density at radius 3 is 2.18 bits per heavy atom. The normalized spacial score (nSPS) is 12.0. The Labute approximate surface area is 164 Å². The van der Waals surface area contributed by atoms with Crippen molar-refractivity contribution < 1.29 is 27.5 Å². The van der Waals surface area contributed by atoms with Gasteiger partial charge in [-0.05, 0) is 43.3 Å². The van der Waals surface area contributed by atoms with Crippen molar-refractivity contribution in [2.75, 3.05) is 30.1 Å². The summed E-state index contributed by atoms with van der Waals surface area (Å²) < 4.78 is 35.5. The number of hydrogen-bond acceptors (Lipinski definition) is 6. The molecule has 0 bridgehead atoms. The zero-order chi connectivity index (χ0) is 20.9. The van der Waals surface area contributed by atoms with E-state index in [0.717, 1.165) is 10.6 Å². The second-order valence-corrected chi connectivity index (χ2v) is 7.82. The largest absolute Gasteiger partial charge is 0.497 e. The van der Waals surface area contributed by atoms with E-state index >= 15 is 0 Å². The molecule has 0 aliphatic heterocycles. The molecule has 0 saturated carbocycles. The minimum atomic E-state index is -3.77. The lowest BCUT2D eigenvalue weighted by Gasteiger charge is -2.28. The first-order valence-corrected chi connectivity index (χ1v) is 10.2. The molecule has 0 saturated heterocycles. The zero-order valence-electron chi connectivity index (χ0n) is 16.0. The van der Waals surface area contributed by atoms with Crippen molar-refractivity contribution in [2.45, 2.75) is 13.0 Å². The summed E-state index contributed by atoms with van der Waals surface area (Å²) in [4.78, 5) is 24.6. The van der Waals surface area contributed by atoms with Crippen molar-refractivity contribution in [3.63, 3.8) is 0 Å². The first-order valence-electron chi connectivity index (χ1n) is 8.30. The predicted molar refractivity (Wildman–Crippen MR) is 106 cm³/mol. The lowest BCUT2D eigenvalue weighted by molar-refractivity contribution is -0.116. The van der Waals surface area contributed by atoms with Crippen LogP contribution < -0.4 is 14.4 Å². The molecule has 0 radical (unpaired) electrons. The van der Waals surface area contributed by atoms with Crippen LogP contribution in [0.1, 0.15) is 17.3 Å². The highest BCUT2D eigenvalue weighted by Gasteiger charge is 2.29. The van der Waals surface area contributed by atoms with Crippen LogP contribution in [0.2, 0.25) is 0 Å². The Kier molecular flexibility index (Phi) is 6.63. The summed E-state index contributed by atoms with van der Waals surface area (Å²) in [5.41, 5.74) is 0.711. The van der Waals surface area contributed by atoms with Crippen molar-refractivity contribution in [1.82, 2.24) is 0 Å². The maximum atomic E-state index is 12.8. The van der Waals surface area contributed by atoms with Gasteiger partial charge in [0.05, 0.1) is 37.4 Å². The summed E-state index contributed by atoms with van der Waals surface area (Å²) in [6.07, 6.45) is 1.02. The van der Waals surface area contributed by atoms with E-state index in [-0.39, 0.29) is 11.3 Å². The van der Waals surface area contributed by atoms with Crippen LogP contribution in [0.15, 0.2) is 48.5 Å². The Bertz CT molecular complexity index is 957. The van der Waals surface area contributed by atoms with Gasteiger partial charge in [-0.2, -0.15) is 0 Å². The number of amides is 1. The third-order valence-electron chi connectivity index (χ3n) is 4.01. The molecule has 1 amide bonds. The van der Waals surface area contributed by atoms with Crippen LogP contribution in [0.4, 0.5) is 11.4 Å². The van der Waals surface area contributed by atoms with Gasteiger partial charge in [0.2, 0.25) is 15.9 Å². The molecule has 1 atom stereocenters. The van der Waals surface area contributed by atoms with Gasteiger partial charge in [-0.3, -0.25) is 9.10 Å². The first-order chi connectivity index (χ1) is 13.2. The molecule has 2 aromatic carbocycles. The summed E-state index contributed by atoms with van der Waals surface area (Å²) in [7, 11) is -1.03. The van der Waals surface area contributed by atoms with Gasteiger partial charge in [-0.15, -0.1) is 0 Å². The van der Waals surface area contributed by atoms with Crippen molar-refractivity contribution in [3.05, 3.63) is 54.1 Å². The number of carbonyl (C=O) groups is 2. The van der Waals surface area contributed by atoms with Crippen molar-refractivity contribution in [2.24, 2.45) is 0 Å². The van der Waals surface area contributed by atoms with E-state index in [4.69, 9.17) is 9.47 Å². The van der Waals surface area contributed by atoms with Crippen LogP contribution in [-0.4, -0.2) is 46.8 Å². The number of ether oxygens (including phenoxy) is 2. The van der Waals surface area contributed by atoms with E-state index < -0.39 is 27.9 Å². The van der Waals surface area contributed by atoms with Gasteiger partial charge in [0, 0.05) is 0 Å². The minimum Gasteiger partial charge on any atom is -0.497 e. The standard InChI is InChI=1S/C19H22N2O6S/c1-13(18(22)20-17-8-6-5-7-16(17)19(23)27-3)21(28(4,24)25)14-9-11-15(26-2)12-10-14/h5-13H,1-4H3,(H,20,22)/t13-/m0/s1. The van der Waals surface area contributed by atoms with E-state index in [9.17, 15) is 18.0 Å². The maximum absolute atomic E-state index is 12.8. The fourth-order valence-electron chi connectivity index (χ4n) is 2.66. The quantitative estimate of drug-likeness (QED) is 0.708. The number of benzene rings is 2. The molecule has 0 aromatic heterocycles. The monoisotopic (exact) mass is 406 g/mol. The van der Waals surface area contributed by atoms with Gasteiger partial charge < -0.3 is 14.8 Å². The molecule has 2 rings (SSSR count). The average molecular weight is 406 g/mol. The van der Waals surface area contributed by atoms with Crippen LogP contribution in [0.3, 0.4) is 0 Å². The number of esters is 1. The molecule has 0 aliphatic rings. The van der Waals surface area contributed by atoms with Crippen LogP contribution in [-0.2, 0) is 19.6 Å². The van der Waals surface area contributed by atoms with Gasteiger partial charge in [0.15, 0.2) is 0 Å². The van der Waals surface area contributed by atoms with E-state index in [1.54, 1.807) is 36.4 Å². The number of para-hydroxylation sites is 1. The average Bonchev–Trinajstić information content (AvgIpc) is 2.67. The van der Waals surface area contributed by atoms with Gasteiger partial charge in [-0.25, -0.2) is 13.2 Å². The van der Waals surface area contributed by atoms with Crippen LogP contribution >= 0.6 is 0 Å². The van der Waals surface area contributed by atoms with Crippen molar-refractivity contribution in [3.8, 4) is 5.75 Å². The van der Waals surface area contributed by atoms with Crippen molar-refractivity contribution >= 4 is 33.3 Å². The number of carbonyl (C=O) groups excluding carboxylic acids is 2. The molecule has 8 nitrogen and oxygen atoms in total. The second kappa shape index (κ2) is 8.75. The van der Waals surface area contributed by atoms with Crippen LogP contribution in [0.25, 0.3) is 0 Å². The Morgan fingerprint density at radius 1 is 1.04 bits per heavy atom. The van der Waals surface area contributed by atoms with Gasteiger partial charge in [0.25, 0.3) is 0 Å². The third kappa shape index (κ3) is 4.80. The fraction of sp³-hybridized carbons (Fsp3) is 0.263. The SMILES string of the molecule is COC(=O)c1ccccc1NC(=O)[C@H](C)N(c1ccc(OC)cc1)S(C)(=O)=O. The molecule has 0 heterocycles. The fourth-order valence-corrected chi connectivity index (χ4v) is 3.83. The smallest absolute Gasteiger partial charge is 0.339 e. The second-order valence-electron chi connectivity index (χ2n) is 5.96. The molecule has 150 valence electrons. The highest BCUT2D eigenvalue weighted by Crippen LogP contribution is 2.25. The summed E-state index contributed by atoms with van der Waals surface area (Å²) >= 11 is 0. The maximum Gasteiger partial charge on any atom is 0.339 e. The lowest BCUT2D eigenvalue weighted by Crippen LogP contribution is -2.45. The molecule has 28 heavy (non-hydrogen) atoms. The number of nitrogens with one attached hydrogen (secondary N) is 1. The Morgan fingerprint density at radius 2 is 1.64 bits per heavy atom. The highest BCUT2D eigenvalue weighted by atomic mass is 32.2. The zero-order valence-corrected chi connectivity index (χ0v) is 16.8. The van der Waals surface area contributed by atoms with Gasteiger partial charge >= 0.3 is 5.97 Å². The predicted octanol–water partition coefficient (Wildman–Crippen LogP) is 2.28. The number of anilines is 2. The molecule has 1 N–H and O–H groups in total. The molecule has 0 fully saturated rings. The van der Waals surface area contributed by atoms with E-state index in [2.05, 4.69) is 5.32 Å². The number of sulfonamides is 1. The molecule has 0 aliphatic carbocycles. The summed E-state index contributed by atoms with van der Waals surface area (Å²) in [6.45, 7) is 1.46. The summed E-state index contributed by atoms with van der Waals surface area (Å²) in [6, 6.07) is 11.5. The molecule has 9 heteroatoms. The number of rotatable bonds is 7. The topological polar surface area (TPSA) is 102 Å². The van der Waals surface area contributed by atoms with Gasteiger partial charge in [-0.1, -0.05) is 12.1 Å². The summed E-state index contributed by atoms with van der Waals surface area (Å²) in [5, 5.41) is 2.60. The molecule has 0 unspecified atom stereocenters. The Balaban J connectivity index is 2.34. The van der Waals surface area contributed by atoms with E-state index in [1.807, 2.05) is 0 Å². The number of hydrogen-bond donors (Lipinski definition) is 1. The number of methoxy groups -OCH3 is 2.